The molecule has 0 atom stereocenters. The predicted molar refractivity (Wildman–Crippen MR) is 102 cm³/mol. The van der Waals surface area contributed by atoms with Gasteiger partial charge in [-0.1, -0.05) is 12.1 Å². The molecule has 3 nitrogen and oxygen atoms in total. The van der Waals surface area contributed by atoms with E-state index in [1.165, 1.54) is 23.5 Å². The molecule has 0 saturated carbocycles. The molecule has 2 aromatic heterocycles. The summed E-state index contributed by atoms with van der Waals surface area (Å²) in [6.07, 6.45) is 2.90. The van der Waals surface area contributed by atoms with Crippen molar-refractivity contribution in [3.63, 3.8) is 0 Å². The summed E-state index contributed by atoms with van der Waals surface area (Å²) in [7, 11) is 0. The van der Waals surface area contributed by atoms with Gasteiger partial charge in [0, 0.05) is 22.5 Å². The van der Waals surface area contributed by atoms with Crippen LogP contribution in [0.2, 0.25) is 0 Å². The van der Waals surface area contributed by atoms with Crippen molar-refractivity contribution in [3.8, 4) is 10.4 Å². The van der Waals surface area contributed by atoms with Crippen LogP contribution in [0.4, 0.5) is 4.39 Å². The molecule has 1 N–H and O–H groups in total. The topological polar surface area (TPSA) is 42.0 Å². The quantitative estimate of drug-likeness (QED) is 0.587. The summed E-state index contributed by atoms with van der Waals surface area (Å²) in [5.41, 5.74) is 1.99. The van der Waals surface area contributed by atoms with Crippen molar-refractivity contribution in [2.75, 3.05) is 6.54 Å². The van der Waals surface area contributed by atoms with Gasteiger partial charge in [-0.05, 0) is 56.0 Å². The van der Waals surface area contributed by atoms with Crippen LogP contribution in [0.5, 0.6) is 0 Å². The van der Waals surface area contributed by atoms with E-state index < -0.39 is 0 Å². The van der Waals surface area contributed by atoms with Gasteiger partial charge in [-0.2, -0.15) is 0 Å². The standard InChI is InChI=1S/C19H19FN2OS2/c1-13-12-24-18(22-13)4-2-3-11-21-19(23)17-10-9-16(25-17)14-5-7-15(20)8-6-14/h5-10,12H,2-4,11H2,1H3,(H,21,23). The molecule has 0 aliphatic carbocycles. The van der Waals surface area contributed by atoms with Gasteiger partial charge in [0.05, 0.1) is 9.88 Å². The van der Waals surface area contributed by atoms with Crippen molar-refractivity contribution in [2.45, 2.75) is 26.2 Å². The molecule has 130 valence electrons. The molecule has 0 radical (unpaired) electrons. The number of hydrogen-bond donors (Lipinski definition) is 1. The van der Waals surface area contributed by atoms with E-state index in [2.05, 4.69) is 15.7 Å². The molecule has 25 heavy (non-hydrogen) atoms. The minimum absolute atomic E-state index is 0.0524. The molecule has 0 bridgehead atoms. The third kappa shape index (κ3) is 4.96. The smallest absolute Gasteiger partial charge is 0.261 e. The monoisotopic (exact) mass is 374 g/mol. The first kappa shape index (κ1) is 17.8. The molecule has 0 aliphatic rings. The van der Waals surface area contributed by atoms with E-state index in [4.69, 9.17) is 0 Å². The fraction of sp³-hybridized carbons (Fsp3) is 0.263. The lowest BCUT2D eigenvalue weighted by Gasteiger charge is -2.03. The second-order valence-electron chi connectivity index (χ2n) is 5.77. The van der Waals surface area contributed by atoms with Gasteiger partial charge in [0.1, 0.15) is 5.82 Å². The van der Waals surface area contributed by atoms with E-state index in [1.54, 1.807) is 23.5 Å². The minimum atomic E-state index is -0.258. The minimum Gasteiger partial charge on any atom is -0.351 e. The van der Waals surface area contributed by atoms with Crippen LogP contribution in [0.1, 0.15) is 33.2 Å². The van der Waals surface area contributed by atoms with Crippen LogP contribution in [0.15, 0.2) is 41.8 Å². The molecule has 0 unspecified atom stereocenters. The summed E-state index contributed by atoms with van der Waals surface area (Å²) >= 11 is 3.11. The van der Waals surface area contributed by atoms with Gasteiger partial charge in [-0.25, -0.2) is 9.37 Å². The van der Waals surface area contributed by atoms with Crippen molar-refractivity contribution in [2.24, 2.45) is 0 Å². The first-order valence-electron chi connectivity index (χ1n) is 8.17. The molecule has 0 saturated heterocycles. The van der Waals surface area contributed by atoms with Crippen LogP contribution in [-0.2, 0) is 6.42 Å². The third-order valence-corrected chi connectivity index (χ3v) is 5.89. The van der Waals surface area contributed by atoms with Crippen LogP contribution in [0.3, 0.4) is 0 Å². The van der Waals surface area contributed by atoms with Crippen LogP contribution in [-0.4, -0.2) is 17.4 Å². The number of carbonyl (C=O) groups excluding carboxylic acids is 1. The number of amides is 1. The van der Waals surface area contributed by atoms with Gasteiger partial charge in [-0.15, -0.1) is 22.7 Å². The van der Waals surface area contributed by atoms with Crippen molar-refractivity contribution in [1.29, 1.82) is 0 Å². The maximum absolute atomic E-state index is 13.0. The lowest BCUT2D eigenvalue weighted by molar-refractivity contribution is 0.0957. The van der Waals surface area contributed by atoms with Crippen molar-refractivity contribution >= 4 is 28.6 Å². The van der Waals surface area contributed by atoms with Crippen LogP contribution in [0, 0.1) is 12.7 Å². The van der Waals surface area contributed by atoms with E-state index in [0.717, 1.165) is 40.4 Å². The molecule has 0 fully saturated rings. The van der Waals surface area contributed by atoms with Gasteiger partial charge in [0.25, 0.3) is 5.91 Å². The number of nitrogens with one attached hydrogen (secondary N) is 1. The average molecular weight is 375 g/mol. The average Bonchev–Trinajstić information content (AvgIpc) is 3.24. The lowest BCUT2D eigenvalue weighted by Crippen LogP contribution is -2.23. The first-order valence-corrected chi connectivity index (χ1v) is 9.86. The highest BCUT2D eigenvalue weighted by atomic mass is 32.1. The number of aryl methyl sites for hydroxylation is 2. The lowest BCUT2D eigenvalue weighted by atomic mass is 10.2. The molecule has 2 heterocycles. The van der Waals surface area contributed by atoms with Crippen LogP contribution in [0.25, 0.3) is 10.4 Å². The number of benzene rings is 1. The Morgan fingerprint density at radius 2 is 1.96 bits per heavy atom. The van der Waals surface area contributed by atoms with E-state index in [1.807, 2.05) is 19.1 Å². The Morgan fingerprint density at radius 1 is 1.16 bits per heavy atom. The van der Waals surface area contributed by atoms with E-state index in [9.17, 15) is 9.18 Å². The number of thiophene rings is 1. The van der Waals surface area contributed by atoms with Crippen molar-refractivity contribution < 1.29 is 9.18 Å². The summed E-state index contributed by atoms with van der Waals surface area (Å²) in [5.74, 6) is -0.311. The van der Waals surface area contributed by atoms with Gasteiger partial charge in [0.2, 0.25) is 0 Å². The predicted octanol–water partition coefficient (Wildman–Crippen LogP) is 5.07. The second-order valence-corrected chi connectivity index (χ2v) is 7.79. The molecular weight excluding hydrogens is 355 g/mol. The molecule has 3 aromatic rings. The Morgan fingerprint density at radius 3 is 2.68 bits per heavy atom. The van der Waals surface area contributed by atoms with E-state index in [-0.39, 0.29) is 11.7 Å². The molecule has 1 aromatic carbocycles. The Kier molecular flexibility index (Phi) is 5.94. The highest BCUT2D eigenvalue weighted by Gasteiger charge is 2.10. The number of thiazole rings is 1. The Hall–Kier alpha value is -2.05. The van der Waals surface area contributed by atoms with Crippen LogP contribution >= 0.6 is 22.7 Å². The fourth-order valence-electron chi connectivity index (χ4n) is 2.44. The SMILES string of the molecule is Cc1csc(CCCCNC(=O)c2ccc(-c3ccc(F)cc3)s2)n1. The zero-order valence-electron chi connectivity index (χ0n) is 13.9. The maximum Gasteiger partial charge on any atom is 0.261 e. The summed E-state index contributed by atoms with van der Waals surface area (Å²) in [4.78, 5) is 18.3. The number of aromatic nitrogens is 1. The van der Waals surface area contributed by atoms with Crippen molar-refractivity contribution in [1.82, 2.24) is 10.3 Å². The number of unbranched alkanes of at least 4 members (excludes halogenated alkanes) is 1. The number of rotatable bonds is 7. The Bertz CT molecular complexity index is 839. The summed E-state index contributed by atoms with van der Waals surface area (Å²) in [6, 6.07) is 10.0. The zero-order valence-corrected chi connectivity index (χ0v) is 15.6. The normalized spacial score (nSPS) is 10.8. The molecule has 0 aliphatic heterocycles. The number of carbonyl (C=O) groups is 1. The maximum atomic E-state index is 13.0. The Labute approximate surface area is 154 Å². The fourth-order valence-corrected chi connectivity index (χ4v) is 4.18. The number of halogens is 1. The highest BCUT2D eigenvalue weighted by molar-refractivity contribution is 7.17. The van der Waals surface area contributed by atoms with Gasteiger partial charge >= 0.3 is 0 Å². The number of hydrogen-bond acceptors (Lipinski definition) is 4. The van der Waals surface area contributed by atoms with Crippen molar-refractivity contribution in [3.05, 3.63) is 63.2 Å². The first-order chi connectivity index (χ1) is 12.1. The van der Waals surface area contributed by atoms with Crippen LogP contribution < -0.4 is 5.32 Å². The van der Waals surface area contributed by atoms with E-state index in [0.29, 0.717) is 11.4 Å². The van der Waals surface area contributed by atoms with Gasteiger partial charge < -0.3 is 5.32 Å². The summed E-state index contributed by atoms with van der Waals surface area (Å²) in [6.45, 7) is 2.66. The highest BCUT2D eigenvalue weighted by Crippen LogP contribution is 2.28. The second kappa shape index (κ2) is 8.36. The molecule has 0 spiro atoms. The third-order valence-electron chi connectivity index (χ3n) is 3.73. The number of nitrogens with zero attached hydrogens (tertiary/aromatic N) is 1. The van der Waals surface area contributed by atoms with E-state index >= 15 is 0 Å². The molecular formula is C19H19FN2OS2. The summed E-state index contributed by atoms with van der Waals surface area (Å²) < 4.78 is 13.0. The Balaban J connectivity index is 1.44. The molecule has 1 amide bonds. The molecule has 6 heteroatoms. The van der Waals surface area contributed by atoms with Gasteiger partial charge in [-0.3, -0.25) is 4.79 Å². The largest absolute Gasteiger partial charge is 0.351 e. The zero-order chi connectivity index (χ0) is 17.6. The molecule has 3 rings (SSSR count). The summed E-state index contributed by atoms with van der Waals surface area (Å²) in [5, 5.41) is 6.18. The van der Waals surface area contributed by atoms with Gasteiger partial charge in [0.15, 0.2) is 0 Å².